The highest BCUT2D eigenvalue weighted by Gasteiger charge is 2.51. The molecule has 1 aliphatic heterocycles. The van der Waals surface area contributed by atoms with Crippen LogP contribution >= 0.6 is 27.5 Å². The molecule has 1 saturated heterocycles. The number of benzene rings is 2. The van der Waals surface area contributed by atoms with Gasteiger partial charge in [0.1, 0.15) is 0 Å². The monoisotopic (exact) mass is 474 g/mol. The number of hydrogen-bond acceptors (Lipinski definition) is 3. The lowest BCUT2D eigenvalue weighted by molar-refractivity contribution is -0.155. The minimum absolute atomic E-state index is 0.131. The van der Waals surface area contributed by atoms with E-state index in [0.717, 1.165) is 27.9 Å². The zero-order chi connectivity index (χ0) is 20.5. The molecule has 0 N–H and O–H groups in total. The summed E-state index contributed by atoms with van der Waals surface area (Å²) < 4.78 is 0.913. The van der Waals surface area contributed by atoms with Crippen LogP contribution in [0.25, 0.3) is 0 Å². The van der Waals surface area contributed by atoms with Crippen LogP contribution in [0.3, 0.4) is 0 Å². The molecule has 0 radical (unpaired) electrons. The largest absolute Gasteiger partial charge is 0.273 e. The molecule has 1 aliphatic carbocycles. The van der Waals surface area contributed by atoms with Gasteiger partial charge in [-0.15, -0.1) is 0 Å². The summed E-state index contributed by atoms with van der Waals surface area (Å²) in [4.78, 5) is 39.6. The number of hydrazine groups is 1. The Morgan fingerprint density at radius 3 is 2.07 bits per heavy atom. The van der Waals surface area contributed by atoms with Gasteiger partial charge in [-0.25, -0.2) is 5.01 Å². The Kier molecular flexibility index (Phi) is 5.74. The van der Waals surface area contributed by atoms with Crippen LogP contribution in [0.2, 0.25) is 5.02 Å². The molecule has 3 amide bonds. The number of carbonyl (C=O) groups excluding carboxylic acids is 3. The second-order valence-electron chi connectivity index (χ2n) is 7.48. The molecule has 2 aliphatic rings. The number of carbonyl (C=O) groups is 3. The third-order valence-corrected chi connectivity index (χ3v) is 6.41. The zero-order valence-electron chi connectivity index (χ0n) is 15.7. The minimum atomic E-state index is -0.398. The Morgan fingerprint density at radius 1 is 0.966 bits per heavy atom. The molecule has 150 valence electrons. The van der Waals surface area contributed by atoms with E-state index in [0.29, 0.717) is 23.4 Å². The third kappa shape index (κ3) is 3.96. The highest BCUT2D eigenvalue weighted by molar-refractivity contribution is 9.10. The first kappa shape index (κ1) is 20.1. The number of halogens is 2. The SMILES string of the molecule is O=C(c1ccc(Cl)cc1)N(Cc1ccc(Br)cc1)N1C(=O)[C@H]2CCCC[C@H]2C1=O. The van der Waals surface area contributed by atoms with Crippen LogP contribution in [0.1, 0.15) is 41.6 Å². The second-order valence-corrected chi connectivity index (χ2v) is 8.83. The van der Waals surface area contributed by atoms with Crippen molar-refractivity contribution >= 4 is 45.3 Å². The summed E-state index contributed by atoms with van der Waals surface area (Å²) in [5, 5.41) is 2.90. The molecule has 1 heterocycles. The van der Waals surface area contributed by atoms with Crippen LogP contribution < -0.4 is 0 Å². The highest BCUT2D eigenvalue weighted by atomic mass is 79.9. The van der Waals surface area contributed by atoms with Crippen molar-refractivity contribution in [3.8, 4) is 0 Å². The molecule has 0 aromatic heterocycles. The third-order valence-electron chi connectivity index (χ3n) is 5.63. The number of nitrogens with zero attached hydrogens (tertiary/aromatic N) is 2. The Labute approximate surface area is 182 Å². The van der Waals surface area contributed by atoms with Gasteiger partial charge in [0.05, 0.1) is 18.4 Å². The molecule has 0 bridgehead atoms. The van der Waals surface area contributed by atoms with Crippen molar-refractivity contribution in [1.29, 1.82) is 0 Å². The topological polar surface area (TPSA) is 57.7 Å². The normalized spacial score (nSPS) is 21.2. The summed E-state index contributed by atoms with van der Waals surface area (Å²) in [6, 6.07) is 13.9. The lowest BCUT2D eigenvalue weighted by Crippen LogP contribution is -2.49. The maximum atomic E-state index is 13.3. The van der Waals surface area contributed by atoms with Crippen LogP contribution in [0, 0.1) is 11.8 Å². The molecular weight excluding hydrogens is 456 g/mol. The predicted molar refractivity (Wildman–Crippen MR) is 113 cm³/mol. The van der Waals surface area contributed by atoms with Gasteiger partial charge in [0.15, 0.2) is 0 Å². The molecule has 2 aromatic carbocycles. The molecule has 4 rings (SSSR count). The summed E-state index contributed by atoms with van der Waals surface area (Å²) in [7, 11) is 0. The van der Waals surface area contributed by atoms with Gasteiger partial charge >= 0.3 is 0 Å². The fourth-order valence-corrected chi connectivity index (χ4v) is 4.51. The fraction of sp³-hybridized carbons (Fsp3) is 0.318. The van der Waals surface area contributed by atoms with Gasteiger partial charge < -0.3 is 0 Å². The molecule has 7 heteroatoms. The van der Waals surface area contributed by atoms with Gasteiger partial charge in [-0.05, 0) is 54.8 Å². The molecular formula is C22H20BrClN2O3. The Morgan fingerprint density at radius 2 is 1.52 bits per heavy atom. The quantitative estimate of drug-likeness (QED) is 0.595. The lowest BCUT2D eigenvalue weighted by Gasteiger charge is -2.30. The van der Waals surface area contributed by atoms with Gasteiger partial charge in [-0.2, -0.15) is 5.01 Å². The summed E-state index contributed by atoms with van der Waals surface area (Å²) >= 11 is 9.35. The standard InChI is InChI=1S/C22H20BrClN2O3/c23-16-9-5-14(6-10-16)13-25(20(27)15-7-11-17(24)12-8-15)26-21(28)18-3-1-2-4-19(18)22(26)29/h5-12,18-19H,1-4,13H2/t18-,19+. The maximum Gasteiger partial charge on any atom is 0.273 e. The van der Waals surface area contributed by atoms with Crippen LogP contribution in [-0.4, -0.2) is 27.7 Å². The van der Waals surface area contributed by atoms with Crippen molar-refractivity contribution in [2.75, 3.05) is 0 Å². The lowest BCUT2D eigenvalue weighted by atomic mass is 9.81. The number of amides is 3. The zero-order valence-corrected chi connectivity index (χ0v) is 18.0. The molecule has 2 fully saturated rings. The summed E-state index contributed by atoms with van der Waals surface area (Å²) in [5.41, 5.74) is 1.20. The summed E-state index contributed by atoms with van der Waals surface area (Å²) in [6.45, 7) is 0.131. The first-order chi connectivity index (χ1) is 14.0. The van der Waals surface area contributed by atoms with Crippen LogP contribution in [0.5, 0.6) is 0 Å². The smallest absolute Gasteiger partial charge is 0.272 e. The molecule has 29 heavy (non-hydrogen) atoms. The van der Waals surface area contributed by atoms with E-state index in [1.807, 2.05) is 24.3 Å². The maximum absolute atomic E-state index is 13.3. The van der Waals surface area contributed by atoms with E-state index in [1.54, 1.807) is 24.3 Å². The minimum Gasteiger partial charge on any atom is -0.272 e. The van der Waals surface area contributed by atoms with E-state index < -0.39 is 5.91 Å². The van der Waals surface area contributed by atoms with Gasteiger partial charge in [0.25, 0.3) is 17.7 Å². The summed E-state index contributed by atoms with van der Waals surface area (Å²) in [6.07, 6.45) is 3.28. The van der Waals surface area contributed by atoms with E-state index >= 15 is 0 Å². The average molecular weight is 476 g/mol. The van der Waals surface area contributed by atoms with Crippen molar-refractivity contribution in [3.63, 3.8) is 0 Å². The molecule has 2 atom stereocenters. The van der Waals surface area contributed by atoms with E-state index in [2.05, 4.69) is 15.9 Å². The van der Waals surface area contributed by atoms with E-state index in [9.17, 15) is 14.4 Å². The first-order valence-corrected chi connectivity index (χ1v) is 10.8. The van der Waals surface area contributed by atoms with E-state index in [4.69, 9.17) is 11.6 Å². The summed E-state index contributed by atoms with van der Waals surface area (Å²) in [5.74, 6) is -1.56. The van der Waals surface area contributed by atoms with Crippen molar-refractivity contribution in [2.24, 2.45) is 11.8 Å². The average Bonchev–Trinajstić information content (AvgIpc) is 2.98. The number of hydrogen-bond donors (Lipinski definition) is 0. The van der Waals surface area contributed by atoms with Gasteiger partial charge in [0.2, 0.25) is 0 Å². The van der Waals surface area contributed by atoms with Crippen molar-refractivity contribution in [3.05, 3.63) is 69.2 Å². The number of imide groups is 1. The predicted octanol–water partition coefficient (Wildman–Crippen LogP) is 4.84. The Balaban J connectivity index is 1.70. The van der Waals surface area contributed by atoms with Gasteiger partial charge in [-0.3, -0.25) is 14.4 Å². The molecule has 5 nitrogen and oxygen atoms in total. The first-order valence-electron chi connectivity index (χ1n) is 9.65. The van der Waals surface area contributed by atoms with Crippen molar-refractivity contribution in [1.82, 2.24) is 10.0 Å². The molecule has 0 spiro atoms. The van der Waals surface area contributed by atoms with Crippen molar-refractivity contribution < 1.29 is 14.4 Å². The van der Waals surface area contributed by atoms with Gasteiger partial charge in [0, 0.05) is 15.1 Å². The van der Waals surface area contributed by atoms with E-state index in [-0.39, 0.29) is 30.2 Å². The van der Waals surface area contributed by atoms with Crippen molar-refractivity contribution in [2.45, 2.75) is 32.2 Å². The molecule has 1 saturated carbocycles. The van der Waals surface area contributed by atoms with Crippen LogP contribution in [-0.2, 0) is 16.1 Å². The van der Waals surface area contributed by atoms with Gasteiger partial charge in [-0.1, -0.05) is 52.5 Å². The van der Waals surface area contributed by atoms with Crippen LogP contribution in [0.4, 0.5) is 0 Å². The Bertz CT molecular complexity index is 922. The van der Waals surface area contributed by atoms with E-state index in [1.165, 1.54) is 5.01 Å². The number of rotatable bonds is 4. The molecule has 2 aromatic rings. The number of fused-ring (bicyclic) bond motifs is 1. The second kappa shape index (κ2) is 8.28. The molecule has 0 unspecified atom stereocenters. The van der Waals surface area contributed by atoms with Crippen LogP contribution in [0.15, 0.2) is 53.0 Å². The fourth-order valence-electron chi connectivity index (χ4n) is 4.12. The highest BCUT2D eigenvalue weighted by Crippen LogP contribution is 2.39. The Hall–Kier alpha value is -2.18.